The summed E-state index contributed by atoms with van der Waals surface area (Å²) in [6, 6.07) is 0. The van der Waals surface area contributed by atoms with Crippen LogP contribution in [0.3, 0.4) is 0 Å². The summed E-state index contributed by atoms with van der Waals surface area (Å²) in [5.41, 5.74) is 0. The van der Waals surface area contributed by atoms with Gasteiger partial charge in [-0.1, -0.05) is 58.3 Å². The molecule has 0 N–H and O–H groups in total. The average molecular weight is 283 g/mol. The molecule has 1 aromatic rings. The van der Waals surface area contributed by atoms with E-state index in [-0.39, 0.29) is 0 Å². The number of nitrogens with zero attached hydrogens (tertiary/aromatic N) is 1. The lowest BCUT2D eigenvalue weighted by molar-refractivity contribution is 0.293. The summed E-state index contributed by atoms with van der Waals surface area (Å²) in [5, 5.41) is 1.10. The van der Waals surface area contributed by atoms with Gasteiger partial charge in [0.1, 0.15) is 0 Å². The smallest absolute Gasteiger partial charge is 0.227 e. The van der Waals surface area contributed by atoms with E-state index >= 15 is 0 Å². The Morgan fingerprint density at radius 3 is 2.00 bits per heavy atom. The molecule has 1 aromatic heterocycles. The quantitative estimate of drug-likeness (QED) is 0.488. The fourth-order valence-electron chi connectivity index (χ4n) is 2.23. The molecule has 0 spiro atoms. The highest BCUT2D eigenvalue weighted by Gasteiger charge is 2.04. The zero-order chi connectivity index (χ0) is 13.9. The van der Waals surface area contributed by atoms with E-state index in [1.165, 1.54) is 56.2 Å². The van der Waals surface area contributed by atoms with Gasteiger partial charge < -0.3 is 4.74 Å². The van der Waals surface area contributed by atoms with Crippen LogP contribution in [-0.2, 0) is 0 Å². The molecular formula is C16H29NOS. The van der Waals surface area contributed by atoms with Crippen LogP contribution >= 0.6 is 11.3 Å². The van der Waals surface area contributed by atoms with E-state index in [2.05, 4.69) is 18.8 Å². The molecule has 0 aliphatic heterocycles. The van der Waals surface area contributed by atoms with Gasteiger partial charge in [-0.25, -0.2) is 4.98 Å². The number of unbranched alkanes of at least 4 members (excludes halogenated alkanes) is 8. The number of rotatable bonds is 11. The van der Waals surface area contributed by atoms with Gasteiger partial charge in [0.2, 0.25) is 5.88 Å². The number of thiazole rings is 1. The van der Waals surface area contributed by atoms with Crippen LogP contribution in [0.25, 0.3) is 0 Å². The lowest BCUT2D eigenvalue weighted by atomic mass is 10.1. The van der Waals surface area contributed by atoms with Crippen LogP contribution in [0.15, 0.2) is 0 Å². The molecule has 0 unspecified atom stereocenters. The minimum Gasteiger partial charge on any atom is -0.477 e. The maximum absolute atomic E-state index is 5.72. The minimum atomic E-state index is 0.819. The first-order chi connectivity index (χ1) is 9.24. The Bertz CT molecular complexity index is 335. The Morgan fingerprint density at radius 1 is 0.895 bits per heavy atom. The highest BCUT2D eigenvalue weighted by atomic mass is 32.1. The largest absolute Gasteiger partial charge is 0.477 e. The van der Waals surface area contributed by atoms with Crippen molar-refractivity contribution in [3.63, 3.8) is 0 Å². The topological polar surface area (TPSA) is 22.1 Å². The summed E-state index contributed by atoms with van der Waals surface area (Å²) in [7, 11) is 0. The SMILES string of the molecule is CCCCCCCCCCCOc1nc(C)sc1C. The highest BCUT2D eigenvalue weighted by molar-refractivity contribution is 7.11. The van der Waals surface area contributed by atoms with E-state index in [1.54, 1.807) is 11.3 Å². The third-order valence-corrected chi connectivity index (χ3v) is 4.22. The number of ether oxygens (including phenoxy) is 1. The molecule has 0 radical (unpaired) electrons. The van der Waals surface area contributed by atoms with Crippen molar-refractivity contribution in [3.05, 3.63) is 9.88 Å². The molecule has 1 rings (SSSR count). The van der Waals surface area contributed by atoms with Crippen LogP contribution in [0.2, 0.25) is 0 Å². The molecule has 110 valence electrons. The summed E-state index contributed by atoms with van der Waals surface area (Å²) < 4.78 is 5.72. The molecule has 19 heavy (non-hydrogen) atoms. The van der Waals surface area contributed by atoms with Crippen LogP contribution in [0, 0.1) is 13.8 Å². The van der Waals surface area contributed by atoms with Crippen molar-refractivity contribution in [1.29, 1.82) is 0 Å². The predicted molar refractivity (Wildman–Crippen MR) is 84.3 cm³/mol. The molecular weight excluding hydrogens is 254 g/mol. The molecule has 0 atom stereocenters. The minimum absolute atomic E-state index is 0.819. The van der Waals surface area contributed by atoms with Gasteiger partial charge in [-0.15, -0.1) is 11.3 Å². The second-order valence-electron chi connectivity index (χ2n) is 5.27. The zero-order valence-electron chi connectivity index (χ0n) is 12.8. The fourth-order valence-corrected chi connectivity index (χ4v) is 2.99. The van der Waals surface area contributed by atoms with Crippen LogP contribution in [-0.4, -0.2) is 11.6 Å². The Hall–Kier alpha value is -0.570. The Kier molecular flexibility index (Phi) is 8.89. The Balaban J connectivity index is 1.90. The molecule has 0 saturated carbocycles. The lowest BCUT2D eigenvalue weighted by Crippen LogP contribution is -1.98. The van der Waals surface area contributed by atoms with Gasteiger partial charge in [0.15, 0.2) is 0 Å². The van der Waals surface area contributed by atoms with E-state index < -0.39 is 0 Å². The Labute approximate surface area is 122 Å². The van der Waals surface area contributed by atoms with E-state index in [9.17, 15) is 0 Å². The van der Waals surface area contributed by atoms with Gasteiger partial charge >= 0.3 is 0 Å². The molecule has 0 bridgehead atoms. The third-order valence-electron chi connectivity index (χ3n) is 3.35. The highest BCUT2D eigenvalue weighted by Crippen LogP contribution is 2.23. The van der Waals surface area contributed by atoms with Gasteiger partial charge in [-0.05, 0) is 20.3 Å². The number of hydrogen-bond acceptors (Lipinski definition) is 3. The van der Waals surface area contributed by atoms with E-state index in [1.807, 2.05) is 6.92 Å². The van der Waals surface area contributed by atoms with Crippen LogP contribution in [0.5, 0.6) is 5.88 Å². The first-order valence-electron chi connectivity index (χ1n) is 7.81. The standard InChI is InChI=1S/C16H29NOS/c1-4-5-6-7-8-9-10-11-12-13-18-16-14(2)19-15(3)17-16/h4-13H2,1-3H3. The van der Waals surface area contributed by atoms with Crippen molar-refractivity contribution in [2.24, 2.45) is 0 Å². The summed E-state index contributed by atoms with van der Waals surface area (Å²) in [5.74, 6) is 0.849. The van der Waals surface area contributed by atoms with E-state index in [0.29, 0.717) is 0 Å². The van der Waals surface area contributed by atoms with Gasteiger partial charge in [-0.2, -0.15) is 0 Å². The second kappa shape index (κ2) is 10.2. The van der Waals surface area contributed by atoms with Crippen molar-refractivity contribution in [1.82, 2.24) is 4.98 Å². The van der Waals surface area contributed by atoms with Gasteiger partial charge in [0, 0.05) is 0 Å². The first kappa shape index (κ1) is 16.5. The molecule has 0 amide bonds. The van der Waals surface area contributed by atoms with Crippen molar-refractivity contribution >= 4 is 11.3 Å². The summed E-state index contributed by atoms with van der Waals surface area (Å²) >= 11 is 1.71. The van der Waals surface area contributed by atoms with Crippen LogP contribution in [0.1, 0.15) is 74.6 Å². The molecule has 0 aromatic carbocycles. The van der Waals surface area contributed by atoms with Crippen LogP contribution in [0.4, 0.5) is 0 Å². The molecule has 2 nitrogen and oxygen atoms in total. The van der Waals surface area contributed by atoms with Crippen molar-refractivity contribution < 1.29 is 4.74 Å². The lowest BCUT2D eigenvalue weighted by Gasteiger charge is -2.04. The fraction of sp³-hybridized carbons (Fsp3) is 0.812. The summed E-state index contributed by atoms with van der Waals surface area (Å²) in [6.45, 7) is 7.20. The van der Waals surface area contributed by atoms with Crippen molar-refractivity contribution in [2.45, 2.75) is 78.6 Å². The van der Waals surface area contributed by atoms with Crippen LogP contribution < -0.4 is 4.74 Å². The third kappa shape index (κ3) is 7.56. The Morgan fingerprint density at radius 2 is 1.47 bits per heavy atom. The molecule has 0 aliphatic rings. The van der Waals surface area contributed by atoms with E-state index in [4.69, 9.17) is 4.74 Å². The zero-order valence-corrected chi connectivity index (χ0v) is 13.7. The molecule has 0 fully saturated rings. The molecule has 0 aliphatic carbocycles. The van der Waals surface area contributed by atoms with Crippen molar-refractivity contribution in [3.8, 4) is 5.88 Å². The van der Waals surface area contributed by atoms with Gasteiger partial charge in [0.25, 0.3) is 0 Å². The second-order valence-corrected chi connectivity index (χ2v) is 6.68. The summed E-state index contributed by atoms with van der Waals surface area (Å²) in [4.78, 5) is 5.58. The number of hydrogen-bond donors (Lipinski definition) is 0. The van der Waals surface area contributed by atoms with Crippen molar-refractivity contribution in [2.75, 3.05) is 6.61 Å². The first-order valence-corrected chi connectivity index (χ1v) is 8.62. The predicted octanol–water partition coefficient (Wildman–Crippen LogP) is 5.67. The molecule has 0 saturated heterocycles. The normalized spacial score (nSPS) is 10.9. The maximum Gasteiger partial charge on any atom is 0.227 e. The maximum atomic E-state index is 5.72. The van der Waals surface area contributed by atoms with Gasteiger partial charge in [-0.3, -0.25) is 0 Å². The summed E-state index contributed by atoms with van der Waals surface area (Å²) in [6.07, 6.45) is 12.2. The monoisotopic (exact) mass is 283 g/mol. The van der Waals surface area contributed by atoms with E-state index in [0.717, 1.165) is 23.9 Å². The number of aromatic nitrogens is 1. The molecule has 1 heterocycles. The number of aryl methyl sites for hydroxylation is 2. The molecule has 3 heteroatoms. The average Bonchev–Trinajstić information content (AvgIpc) is 2.70. The van der Waals surface area contributed by atoms with Gasteiger partial charge in [0.05, 0.1) is 16.5 Å².